The molecule has 6 rings (SSSR count). The highest BCUT2D eigenvalue weighted by atomic mass is 32.2. The molecule has 1 saturated carbocycles. The van der Waals surface area contributed by atoms with Gasteiger partial charge in [-0.15, -0.1) is 0 Å². The zero-order valence-electron chi connectivity index (χ0n) is 26.4. The van der Waals surface area contributed by atoms with Crippen LogP contribution >= 0.6 is 0 Å². The molecule has 2 aliphatic carbocycles. The van der Waals surface area contributed by atoms with Crippen molar-refractivity contribution < 1.29 is 27.1 Å². The number of halogens is 1. The lowest BCUT2D eigenvalue weighted by molar-refractivity contribution is 0.0723. The molecule has 12 heteroatoms. The highest BCUT2D eigenvalue weighted by Gasteiger charge is 2.42. The number of sulfone groups is 1. The van der Waals surface area contributed by atoms with Gasteiger partial charge < -0.3 is 30.6 Å². The van der Waals surface area contributed by atoms with Crippen molar-refractivity contribution in [3.8, 4) is 5.69 Å². The molecule has 0 radical (unpaired) electrons. The van der Waals surface area contributed by atoms with E-state index in [0.717, 1.165) is 37.3 Å². The Morgan fingerprint density at radius 2 is 1.78 bits per heavy atom. The molecule has 0 atom stereocenters. The van der Waals surface area contributed by atoms with Gasteiger partial charge in [-0.3, -0.25) is 4.79 Å². The number of aromatic nitrogens is 1. The fraction of sp³-hybridized carbons (Fsp3) is 0.636. The third kappa shape index (κ3) is 6.72. The second-order valence-corrected chi connectivity index (χ2v) is 16.0. The van der Waals surface area contributed by atoms with Crippen LogP contribution in [0, 0.1) is 11.2 Å². The topological polar surface area (TPSA) is 136 Å². The highest BCUT2D eigenvalue weighted by Crippen LogP contribution is 2.45. The first-order valence-electron chi connectivity index (χ1n) is 16.5. The molecule has 10 nitrogen and oxygen atoms in total. The summed E-state index contributed by atoms with van der Waals surface area (Å²) in [5, 5.41) is 6.24. The molecule has 1 aromatic heterocycles. The minimum absolute atomic E-state index is 0.0802. The van der Waals surface area contributed by atoms with Crippen molar-refractivity contribution >= 4 is 27.5 Å². The first-order valence-corrected chi connectivity index (χ1v) is 18.1. The Balaban J connectivity index is 1.17. The van der Waals surface area contributed by atoms with Crippen molar-refractivity contribution in [3.05, 3.63) is 40.5 Å². The molecule has 0 bridgehead atoms. The second-order valence-electron chi connectivity index (χ2n) is 14.1. The van der Waals surface area contributed by atoms with E-state index >= 15 is 4.39 Å². The molecule has 2 aliphatic heterocycles. The number of piperidine rings is 1. The van der Waals surface area contributed by atoms with Crippen LogP contribution in [0.2, 0.25) is 0 Å². The molecule has 2 amide bonds. The second kappa shape index (κ2) is 12.6. The summed E-state index contributed by atoms with van der Waals surface area (Å²) in [6, 6.07) is 2.95. The van der Waals surface area contributed by atoms with Gasteiger partial charge in [0.2, 0.25) is 0 Å². The lowest BCUT2D eigenvalue weighted by Crippen LogP contribution is -2.39. The van der Waals surface area contributed by atoms with Crippen LogP contribution in [0.15, 0.2) is 17.0 Å². The lowest BCUT2D eigenvalue weighted by Gasteiger charge is -2.32. The Hall–Kier alpha value is -3.12. The number of amides is 2. The number of fused-ring (bicyclic) bond motifs is 3. The summed E-state index contributed by atoms with van der Waals surface area (Å²) < 4.78 is 50.2. The summed E-state index contributed by atoms with van der Waals surface area (Å²) in [7, 11) is -3.50. The van der Waals surface area contributed by atoms with Crippen LogP contribution in [-0.4, -0.2) is 74.0 Å². The molecule has 1 aromatic carbocycles. The Morgan fingerprint density at radius 1 is 1.04 bits per heavy atom. The molecule has 1 saturated heterocycles. The van der Waals surface area contributed by atoms with Gasteiger partial charge in [0.05, 0.1) is 27.6 Å². The van der Waals surface area contributed by atoms with Crippen LogP contribution in [0.3, 0.4) is 0 Å². The maximum absolute atomic E-state index is 15.7. The number of hydrogen-bond acceptors (Lipinski definition) is 7. The van der Waals surface area contributed by atoms with Crippen molar-refractivity contribution in [1.29, 1.82) is 0 Å². The summed E-state index contributed by atoms with van der Waals surface area (Å²) in [5.41, 5.74) is 8.22. The van der Waals surface area contributed by atoms with E-state index in [-0.39, 0.29) is 23.5 Å². The number of primary amides is 1. The van der Waals surface area contributed by atoms with Gasteiger partial charge in [0.15, 0.2) is 9.84 Å². The summed E-state index contributed by atoms with van der Waals surface area (Å²) in [6.07, 6.45) is 8.44. The number of nitrogens with one attached hydrogen (secondary N) is 2. The van der Waals surface area contributed by atoms with E-state index in [4.69, 9.17) is 10.5 Å². The van der Waals surface area contributed by atoms with Gasteiger partial charge in [-0.2, -0.15) is 0 Å². The maximum atomic E-state index is 15.7. The summed E-state index contributed by atoms with van der Waals surface area (Å²) >= 11 is 0. The number of rotatable bonds is 8. The van der Waals surface area contributed by atoms with Gasteiger partial charge >= 0.3 is 6.09 Å². The predicted molar refractivity (Wildman–Crippen MR) is 170 cm³/mol. The molecule has 4 N–H and O–H groups in total. The number of alkyl carbamates (subject to hydrolysis) is 1. The van der Waals surface area contributed by atoms with E-state index in [1.165, 1.54) is 25.3 Å². The van der Waals surface area contributed by atoms with Crippen molar-refractivity contribution in [2.24, 2.45) is 11.1 Å². The number of nitrogens with two attached hydrogens (primary N) is 1. The normalized spacial score (nSPS) is 24.0. The minimum Gasteiger partial charge on any atom is -0.446 e. The third-order valence-corrected chi connectivity index (χ3v) is 12.1. The van der Waals surface area contributed by atoms with Gasteiger partial charge in [0.1, 0.15) is 11.9 Å². The number of likely N-dealkylation sites (tertiary alicyclic amines) is 1. The first kappa shape index (κ1) is 31.8. The van der Waals surface area contributed by atoms with E-state index < -0.39 is 33.1 Å². The van der Waals surface area contributed by atoms with Gasteiger partial charge in [-0.1, -0.05) is 20.3 Å². The van der Waals surface area contributed by atoms with Gasteiger partial charge in [0.25, 0.3) is 5.91 Å². The standard InChI is InChI=1S/C33H46FN5O5S/c1-33(2)19-28-30(45(42,43)20-33)24-7-6-8-27(24)39(28)22-17-25(34)29(31(35)40)26(18-22)37-21-9-11-23(12-10-21)44-32(41)36-13-16-38-14-4-3-5-15-38/h17-18,21,23,37H,3-16,19-20H2,1-2H3,(H2,35,40)(H,36,41)/t21-,23-. The number of ether oxygens (including phenoxy) is 1. The molecule has 45 heavy (non-hydrogen) atoms. The number of carbonyl (C=O) groups is 2. The van der Waals surface area contributed by atoms with Crippen molar-refractivity contribution in [1.82, 2.24) is 14.8 Å². The Kier molecular flexibility index (Phi) is 8.91. The maximum Gasteiger partial charge on any atom is 0.407 e. The zero-order chi connectivity index (χ0) is 31.9. The zero-order valence-corrected chi connectivity index (χ0v) is 27.2. The predicted octanol–water partition coefficient (Wildman–Crippen LogP) is 4.50. The van der Waals surface area contributed by atoms with Gasteiger partial charge in [-0.05, 0) is 100 Å². The highest BCUT2D eigenvalue weighted by molar-refractivity contribution is 7.91. The Labute approximate surface area is 265 Å². The third-order valence-electron chi connectivity index (χ3n) is 9.84. The minimum atomic E-state index is -3.50. The monoisotopic (exact) mass is 643 g/mol. The average molecular weight is 644 g/mol. The fourth-order valence-corrected chi connectivity index (χ4v) is 10.3. The van der Waals surface area contributed by atoms with Crippen LogP contribution in [-0.2, 0) is 33.8 Å². The molecule has 4 aliphatic rings. The van der Waals surface area contributed by atoms with E-state index in [1.807, 2.05) is 18.4 Å². The molecular formula is C33H46FN5O5S. The fourth-order valence-electron chi connectivity index (χ4n) is 7.91. The Bertz CT molecular complexity index is 1570. The first-order chi connectivity index (χ1) is 21.4. The van der Waals surface area contributed by atoms with Gasteiger partial charge in [-0.25, -0.2) is 17.6 Å². The average Bonchev–Trinajstić information content (AvgIpc) is 3.53. The molecule has 2 fully saturated rings. The quantitative estimate of drug-likeness (QED) is 0.386. The summed E-state index contributed by atoms with van der Waals surface area (Å²) in [5.74, 6) is -1.53. The van der Waals surface area contributed by atoms with E-state index in [2.05, 4.69) is 15.5 Å². The van der Waals surface area contributed by atoms with Gasteiger partial charge in [0, 0.05) is 30.5 Å². The summed E-state index contributed by atoms with van der Waals surface area (Å²) in [6.45, 7) is 7.43. The molecule has 246 valence electrons. The van der Waals surface area contributed by atoms with E-state index in [1.54, 1.807) is 6.07 Å². The van der Waals surface area contributed by atoms with Crippen LogP contribution in [0.5, 0.6) is 0 Å². The molecular weight excluding hydrogens is 597 g/mol. The molecule has 2 aromatic rings. The SMILES string of the molecule is CC1(C)Cc2c(c3c(n2-c2cc(F)c(C(N)=O)c(N[C@H]4CC[C@H](OC(=O)NCCN5CCCCC5)CC4)c2)CCC3)S(=O)(=O)C1. The number of nitrogens with zero attached hydrogens (tertiary/aromatic N) is 2. The van der Waals surface area contributed by atoms with E-state index in [9.17, 15) is 18.0 Å². The van der Waals surface area contributed by atoms with Crippen LogP contribution < -0.4 is 16.4 Å². The van der Waals surface area contributed by atoms with Crippen LogP contribution in [0.25, 0.3) is 5.69 Å². The molecule has 0 unspecified atom stereocenters. The number of anilines is 1. The molecule has 0 spiro atoms. The number of hydrogen-bond donors (Lipinski definition) is 3. The van der Waals surface area contributed by atoms with E-state index in [0.29, 0.717) is 73.5 Å². The smallest absolute Gasteiger partial charge is 0.407 e. The largest absolute Gasteiger partial charge is 0.446 e. The Morgan fingerprint density at radius 3 is 2.49 bits per heavy atom. The lowest BCUT2D eigenvalue weighted by atomic mass is 9.89. The van der Waals surface area contributed by atoms with Crippen molar-refractivity contribution in [2.75, 3.05) is 37.2 Å². The summed E-state index contributed by atoms with van der Waals surface area (Å²) in [4.78, 5) is 27.6. The molecule has 3 heterocycles. The van der Waals surface area contributed by atoms with Crippen LogP contribution in [0.1, 0.15) is 92.5 Å². The number of benzene rings is 1. The van der Waals surface area contributed by atoms with Crippen molar-refractivity contribution in [3.63, 3.8) is 0 Å². The van der Waals surface area contributed by atoms with Crippen molar-refractivity contribution in [2.45, 2.75) is 102 Å². The van der Waals surface area contributed by atoms with Crippen LogP contribution in [0.4, 0.5) is 14.9 Å². The number of carbonyl (C=O) groups excluding carboxylic acids is 2.